The molecule has 1 amide bonds. The van der Waals surface area contributed by atoms with Crippen LogP contribution in [0.5, 0.6) is 0 Å². The average Bonchev–Trinajstić information content (AvgIpc) is 2.63. The number of amides is 1. The highest BCUT2D eigenvalue weighted by molar-refractivity contribution is 5.92. The first kappa shape index (κ1) is 10.3. The third-order valence-electron chi connectivity index (χ3n) is 1.43. The van der Waals surface area contributed by atoms with Crippen LogP contribution < -0.4 is 5.32 Å². The van der Waals surface area contributed by atoms with Crippen molar-refractivity contribution in [1.82, 2.24) is 10.5 Å². The Bertz CT molecular complexity index is 351. The summed E-state index contributed by atoms with van der Waals surface area (Å²) < 4.78 is 9.62. The van der Waals surface area contributed by atoms with E-state index in [2.05, 4.69) is 16.4 Å². The molecule has 0 bridgehead atoms. The van der Waals surface area contributed by atoms with Crippen molar-refractivity contribution in [3.63, 3.8) is 0 Å². The molecule has 1 aromatic heterocycles. The zero-order valence-electron chi connectivity index (χ0n) is 7.74. The minimum absolute atomic E-state index is 0.172. The van der Waals surface area contributed by atoms with Crippen LogP contribution in [0.1, 0.15) is 16.2 Å². The van der Waals surface area contributed by atoms with Crippen molar-refractivity contribution >= 4 is 5.91 Å². The fourth-order valence-electron chi connectivity index (χ4n) is 0.852. The molecule has 0 fully saturated rings. The number of ether oxygens (including phenoxy) is 1. The molecular formula is C9H10N2O3. The number of terminal acetylenes is 1. The molecule has 0 saturated heterocycles. The highest BCUT2D eigenvalue weighted by atomic mass is 16.5. The molecule has 1 rings (SSSR count). The van der Waals surface area contributed by atoms with E-state index in [1.807, 2.05) is 0 Å². The Morgan fingerprint density at radius 2 is 2.64 bits per heavy atom. The van der Waals surface area contributed by atoms with Gasteiger partial charge in [-0.3, -0.25) is 4.79 Å². The van der Waals surface area contributed by atoms with Crippen LogP contribution in [-0.4, -0.2) is 24.7 Å². The maximum atomic E-state index is 11.3. The first-order valence-corrected chi connectivity index (χ1v) is 3.94. The molecule has 0 radical (unpaired) electrons. The Morgan fingerprint density at radius 3 is 3.29 bits per heavy atom. The lowest BCUT2D eigenvalue weighted by Gasteiger charge is -1.94. The van der Waals surface area contributed by atoms with Crippen molar-refractivity contribution in [2.45, 2.75) is 6.61 Å². The second kappa shape index (κ2) is 5.04. The summed E-state index contributed by atoms with van der Waals surface area (Å²) in [5.41, 5.74) is 0.201. The monoisotopic (exact) mass is 194 g/mol. The number of aromatic nitrogens is 1. The Balaban J connectivity index is 2.58. The van der Waals surface area contributed by atoms with E-state index in [0.29, 0.717) is 5.76 Å². The van der Waals surface area contributed by atoms with Gasteiger partial charge in [-0.15, -0.1) is 6.42 Å². The van der Waals surface area contributed by atoms with Crippen molar-refractivity contribution in [1.29, 1.82) is 0 Å². The van der Waals surface area contributed by atoms with Crippen molar-refractivity contribution < 1.29 is 14.1 Å². The van der Waals surface area contributed by atoms with Gasteiger partial charge in [0, 0.05) is 13.2 Å². The molecule has 0 aliphatic carbocycles. The Morgan fingerprint density at radius 1 is 1.86 bits per heavy atom. The lowest BCUT2D eigenvalue weighted by molar-refractivity contribution is 0.0949. The van der Waals surface area contributed by atoms with Gasteiger partial charge in [0.2, 0.25) is 0 Å². The molecule has 74 valence electrons. The summed E-state index contributed by atoms with van der Waals surface area (Å²) in [6.45, 7) is 0.459. The topological polar surface area (TPSA) is 64.4 Å². The van der Waals surface area contributed by atoms with E-state index in [-0.39, 0.29) is 24.8 Å². The lowest BCUT2D eigenvalue weighted by Crippen LogP contribution is -2.23. The van der Waals surface area contributed by atoms with E-state index >= 15 is 0 Å². The minimum atomic E-state index is -0.353. The van der Waals surface area contributed by atoms with Gasteiger partial charge in [-0.1, -0.05) is 11.1 Å². The van der Waals surface area contributed by atoms with Gasteiger partial charge in [-0.2, -0.15) is 0 Å². The number of nitrogens with zero attached hydrogens (tertiary/aromatic N) is 1. The molecule has 1 heterocycles. The van der Waals surface area contributed by atoms with Crippen LogP contribution >= 0.6 is 0 Å². The predicted molar refractivity (Wildman–Crippen MR) is 48.4 cm³/mol. The van der Waals surface area contributed by atoms with Crippen LogP contribution in [0.2, 0.25) is 0 Å². The predicted octanol–water partition coefficient (Wildman–Crippen LogP) is 0.184. The Labute approximate surface area is 81.4 Å². The Hall–Kier alpha value is -1.80. The van der Waals surface area contributed by atoms with Gasteiger partial charge in [-0.05, 0) is 0 Å². The third kappa shape index (κ3) is 2.61. The molecule has 5 nitrogen and oxygen atoms in total. The average molecular weight is 194 g/mol. The van der Waals surface area contributed by atoms with E-state index in [0.717, 1.165) is 0 Å². The number of hydrogen-bond donors (Lipinski definition) is 1. The molecule has 0 saturated carbocycles. The van der Waals surface area contributed by atoms with E-state index < -0.39 is 0 Å². The Kier molecular flexibility index (Phi) is 3.70. The van der Waals surface area contributed by atoms with Gasteiger partial charge in [0.15, 0.2) is 11.5 Å². The maximum absolute atomic E-state index is 11.3. The number of carbonyl (C=O) groups is 1. The molecule has 14 heavy (non-hydrogen) atoms. The minimum Gasteiger partial charge on any atom is -0.377 e. The van der Waals surface area contributed by atoms with Crippen LogP contribution in [0.25, 0.3) is 0 Å². The standard InChI is InChI=1S/C9H10N2O3/c1-3-4-10-9(12)8-5-7(6-13-2)14-11-8/h1,5H,4,6H2,2H3,(H,10,12). The highest BCUT2D eigenvalue weighted by Gasteiger charge is 2.10. The SMILES string of the molecule is C#CCNC(=O)c1cc(COC)on1. The van der Waals surface area contributed by atoms with Crippen LogP contribution in [0.15, 0.2) is 10.6 Å². The number of carbonyl (C=O) groups excluding carboxylic acids is 1. The van der Waals surface area contributed by atoms with E-state index in [1.165, 1.54) is 13.2 Å². The molecule has 0 aliphatic rings. The number of rotatable bonds is 4. The molecule has 0 atom stereocenters. The summed E-state index contributed by atoms with van der Waals surface area (Å²) in [7, 11) is 1.53. The van der Waals surface area contributed by atoms with Gasteiger partial charge >= 0.3 is 0 Å². The normalized spacial score (nSPS) is 9.43. The third-order valence-corrected chi connectivity index (χ3v) is 1.43. The zero-order valence-corrected chi connectivity index (χ0v) is 7.74. The van der Waals surface area contributed by atoms with Crippen molar-refractivity contribution in [3.8, 4) is 12.3 Å². The van der Waals surface area contributed by atoms with E-state index in [4.69, 9.17) is 15.7 Å². The molecule has 0 aliphatic heterocycles. The second-order valence-electron chi connectivity index (χ2n) is 2.50. The van der Waals surface area contributed by atoms with Crippen molar-refractivity contribution in [3.05, 3.63) is 17.5 Å². The largest absolute Gasteiger partial charge is 0.377 e. The van der Waals surface area contributed by atoms with Crippen LogP contribution in [0.4, 0.5) is 0 Å². The maximum Gasteiger partial charge on any atom is 0.274 e. The summed E-state index contributed by atoms with van der Waals surface area (Å²) in [6.07, 6.45) is 4.98. The van der Waals surface area contributed by atoms with Crippen LogP contribution in [0, 0.1) is 12.3 Å². The van der Waals surface area contributed by atoms with Gasteiger partial charge < -0.3 is 14.6 Å². The summed E-state index contributed by atoms with van der Waals surface area (Å²) in [4.78, 5) is 11.3. The second-order valence-corrected chi connectivity index (χ2v) is 2.50. The molecule has 5 heteroatoms. The van der Waals surface area contributed by atoms with Crippen LogP contribution in [0.3, 0.4) is 0 Å². The molecular weight excluding hydrogens is 184 g/mol. The summed E-state index contributed by atoms with van der Waals surface area (Å²) in [6, 6.07) is 1.51. The molecule has 0 spiro atoms. The summed E-state index contributed by atoms with van der Waals surface area (Å²) in [5, 5.41) is 6.02. The van der Waals surface area contributed by atoms with Crippen LogP contribution in [-0.2, 0) is 11.3 Å². The fourth-order valence-corrected chi connectivity index (χ4v) is 0.852. The summed E-state index contributed by atoms with van der Waals surface area (Å²) in [5.74, 6) is 2.43. The van der Waals surface area contributed by atoms with Crippen molar-refractivity contribution in [2.75, 3.05) is 13.7 Å². The smallest absolute Gasteiger partial charge is 0.274 e. The van der Waals surface area contributed by atoms with Gasteiger partial charge in [0.1, 0.15) is 6.61 Å². The van der Waals surface area contributed by atoms with E-state index in [1.54, 1.807) is 0 Å². The summed E-state index contributed by atoms with van der Waals surface area (Å²) >= 11 is 0. The first-order chi connectivity index (χ1) is 6.77. The zero-order chi connectivity index (χ0) is 10.4. The molecule has 0 unspecified atom stereocenters. The lowest BCUT2D eigenvalue weighted by atomic mass is 10.3. The number of nitrogens with one attached hydrogen (secondary N) is 1. The molecule has 1 N–H and O–H groups in total. The molecule has 0 aromatic carbocycles. The van der Waals surface area contributed by atoms with Gasteiger partial charge in [0.05, 0.1) is 6.54 Å². The fraction of sp³-hybridized carbons (Fsp3) is 0.333. The first-order valence-electron chi connectivity index (χ1n) is 3.94. The van der Waals surface area contributed by atoms with E-state index in [9.17, 15) is 4.79 Å². The van der Waals surface area contributed by atoms with Crippen molar-refractivity contribution in [2.24, 2.45) is 0 Å². The van der Waals surface area contributed by atoms with Gasteiger partial charge in [-0.25, -0.2) is 0 Å². The quantitative estimate of drug-likeness (QED) is 0.694. The van der Waals surface area contributed by atoms with Gasteiger partial charge in [0.25, 0.3) is 5.91 Å². The highest BCUT2D eigenvalue weighted by Crippen LogP contribution is 2.04. The molecule has 1 aromatic rings. The number of methoxy groups -OCH3 is 1. The number of hydrogen-bond acceptors (Lipinski definition) is 4.